The number of piperazine rings is 1. The second-order valence-electron chi connectivity index (χ2n) is 12.1. The molecule has 2 amide bonds. The Morgan fingerprint density at radius 3 is 2.15 bits per heavy atom. The van der Waals surface area contributed by atoms with E-state index in [-0.39, 0.29) is 6.03 Å². The number of anilines is 1. The highest BCUT2D eigenvalue weighted by Crippen LogP contribution is 2.54. The molecule has 0 bridgehead atoms. The minimum Gasteiger partial charge on any atom is -0.477 e. The molecular weight excluding hydrogens is 641 g/mol. The molecule has 0 unspecified atom stereocenters. The number of carbonyl (C=O) groups excluding carboxylic acids is 1. The van der Waals surface area contributed by atoms with E-state index in [0.29, 0.717) is 53.0 Å². The van der Waals surface area contributed by atoms with Crippen molar-refractivity contribution in [2.75, 3.05) is 70.3 Å². The Kier molecular flexibility index (Phi) is 10.7. The van der Waals surface area contributed by atoms with Gasteiger partial charge in [-0.15, -0.1) is 0 Å². The number of ether oxygens (including phenoxy) is 1. The number of benzene rings is 2. The van der Waals surface area contributed by atoms with Crippen LogP contribution in [0.25, 0.3) is 0 Å². The van der Waals surface area contributed by atoms with Gasteiger partial charge in [0.2, 0.25) is 11.8 Å². The molecule has 12 heteroatoms. The van der Waals surface area contributed by atoms with Gasteiger partial charge in [0.1, 0.15) is 16.9 Å². The van der Waals surface area contributed by atoms with Crippen molar-refractivity contribution in [3.05, 3.63) is 81.5 Å². The third-order valence-electron chi connectivity index (χ3n) is 9.07. The van der Waals surface area contributed by atoms with Crippen molar-refractivity contribution >= 4 is 52.8 Å². The first kappa shape index (κ1) is 34.3. The van der Waals surface area contributed by atoms with Crippen molar-refractivity contribution in [3.63, 3.8) is 0 Å². The number of halogens is 2. The first-order valence-corrected chi connectivity index (χ1v) is 17.8. The molecule has 46 heavy (non-hydrogen) atoms. The third-order valence-corrected chi connectivity index (χ3v) is 10.3. The average molecular weight is 685 g/mol. The Morgan fingerprint density at radius 2 is 1.59 bits per heavy atom. The summed E-state index contributed by atoms with van der Waals surface area (Å²) in [5.41, 5.74) is 0.413. The van der Waals surface area contributed by atoms with Crippen LogP contribution in [-0.2, 0) is 11.1 Å². The van der Waals surface area contributed by atoms with E-state index in [4.69, 9.17) is 37.9 Å². The Hall–Kier alpha value is -3.05. The summed E-state index contributed by atoms with van der Waals surface area (Å²) in [6.45, 7) is 10.3. The zero-order chi connectivity index (χ0) is 33.1. The molecule has 0 saturated carbocycles. The molecule has 2 aliphatic rings. The molecule has 2 aromatic carbocycles. The third kappa shape index (κ3) is 6.54. The van der Waals surface area contributed by atoms with Crippen molar-refractivity contribution in [1.82, 2.24) is 24.7 Å². The maximum atomic E-state index is 15.0. The minimum atomic E-state index is -0.989. The predicted octanol–water partition coefficient (Wildman–Crippen LogP) is 6.63. The van der Waals surface area contributed by atoms with Gasteiger partial charge in [0.25, 0.3) is 0 Å². The lowest BCUT2D eigenvalue weighted by molar-refractivity contribution is 0.0868. The van der Waals surface area contributed by atoms with Gasteiger partial charge in [0.15, 0.2) is 0 Å². The normalized spacial score (nSPS) is 21.8. The number of aliphatic imine (C=N–C) groups is 1. The van der Waals surface area contributed by atoms with Crippen molar-refractivity contribution in [1.29, 1.82) is 0 Å². The quantitative estimate of drug-likeness (QED) is 0.222. The highest BCUT2D eigenvalue weighted by Gasteiger charge is 2.60. The molecule has 1 fully saturated rings. The number of amides is 2. The van der Waals surface area contributed by atoms with E-state index < -0.39 is 11.1 Å². The smallest absolute Gasteiger partial charge is 0.326 e. The van der Waals surface area contributed by atoms with Crippen LogP contribution in [0.1, 0.15) is 43.9 Å². The molecule has 0 radical (unpaired) electrons. The summed E-state index contributed by atoms with van der Waals surface area (Å²) in [5, 5.41) is 1.24. The Bertz CT molecular complexity index is 1550. The number of rotatable bonds is 10. The van der Waals surface area contributed by atoms with E-state index in [9.17, 15) is 0 Å². The van der Waals surface area contributed by atoms with Crippen LogP contribution in [-0.4, -0.2) is 102 Å². The van der Waals surface area contributed by atoms with E-state index in [1.54, 1.807) is 6.20 Å². The standard InChI is InChI=1S/C34H43Cl2N7O2S/c1-7-45-30-28(23-37-31(38-30)40(4)5)29-39-33(2,24-9-13-26(35)14-10-24)34(3,25-11-15-27(36)16-12-25)43(29)32(44)42-20-18-41(19-21-42)17-8-22-46-6/h9-16,23H,7-8,17-22H2,1-6H3/t33-,34+/m0/s1. The molecule has 3 heterocycles. The second kappa shape index (κ2) is 14.4. The number of hydrogen-bond donors (Lipinski definition) is 0. The number of urea groups is 1. The van der Waals surface area contributed by atoms with Crippen LogP contribution < -0.4 is 9.64 Å². The van der Waals surface area contributed by atoms with Crippen LogP contribution in [0.2, 0.25) is 10.0 Å². The molecule has 1 aromatic heterocycles. The van der Waals surface area contributed by atoms with Gasteiger partial charge in [-0.05, 0) is 81.1 Å². The molecule has 0 N–H and O–H groups in total. The van der Waals surface area contributed by atoms with Crippen LogP contribution in [0.4, 0.5) is 10.7 Å². The molecular formula is C34H43Cl2N7O2S. The molecule has 1 saturated heterocycles. The molecule has 3 aromatic rings. The molecule has 0 aliphatic carbocycles. The zero-order valence-corrected chi connectivity index (χ0v) is 29.8. The number of amidine groups is 1. The van der Waals surface area contributed by atoms with Crippen LogP contribution in [0.15, 0.2) is 59.7 Å². The first-order chi connectivity index (χ1) is 22.0. The van der Waals surface area contributed by atoms with Crippen molar-refractivity contribution in [2.45, 2.75) is 38.3 Å². The fraction of sp³-hybridized carbons (Fsp3) is 0.471. The largest absolute Gasteiger partial charge is 0.477 e. The maximum absolute atomic E-state index is 15.0. The number of carbonyl (C=O) groups is 1. The SMILES string of the molecule is CCOc1nc(N(C)C)ncc1C1=N[C@@](C)(c2ccc(Cl)cc2)[C@@](C)(c2ccc(Cl)cc2)N1C(=O)N1CCN(CCCSC)CC1. The van der Waals surface area contributed by atoms with Crippen LogP contribution in [0, 0.1) is 0 Å². The van der Waals surface area contributed by atoms with Gasteiger partial charge in [-0.3, -0.25) is 14.8 Å². The van der Waals surface area contributed by atoms with Gasteiger partial charge in [0.05, 0.1) is 12.2 Å². The predicted molar refractivity (Wildman–Crippen MR) is 190 cm³/mol. The monoisotopic (exact) mass is 683 g/mol. The van der Waals surface area contributed by atoms with E-state index >= 15 is 4.79 Å². The molecule has 2 atom stereocenters. The van der Waals surface area contributed by atoms with Gasteiger partial charge in [-0.1, -0.05) is 47.5 Å². The summed E-state index contributed by atoms with van der Waals surface area (Å²) in [6, 6.07) is 15.2. The summed E-state index contributed by atoms with van der Waals surface area (Å²) in [4.78, 5) is 37.9. The number of hydrogen-bond acceptors (Lipinski definition) is 8. The van der Waals surface area contributed by atoms with E-state index in [1.165, 1.54) is 0 Å². The lowest BCUT2D eigenvalue weighted by atomic mass is 9.71. The number of nitrogens with zero attached hydrogens (tertiary/aromatic N) is 7. The van der Waals surface area contributed by atoms with Crippen molar-refractivity contribution in [2.24, 2.45) is 4.99 Å². The summed E-state index contributed by atoms with van der Waals surface area (Å²) >= 11 is 14.6. The van der Waals surface area contributed by atoms with E-state index in [2.05, 4.69) is 30.0 Å². The summed E-state index contributed by atoms with van der Waals surface area (Å²) in [6.07, 6.45) is 4.98. The Morgan fingerprint density at radius 1 is 0.978 bits per heavy atom. The minimum absolute atomic E-state index is 0.128. The fourth-order valence-corrected chi connectivity index (χ4v) is 6.95. The van der Waals surface area contributed by atoms with Gasteiger partial charge in [-0.25, -0.2) is 9.78 Å². The summed E-state index contributed by atoms with van der Waals surface area (Å²) in [5.74, 6) is 2.46. The molecule has 5 rings (SSSR count). The molecule has 9 nitrogen and oxygen atoms in total. The summed E-state index contributed by atoms with van der Waals surface area (Å²) < 4.78 is 6.10. The average Bonchev–Trinajstić information content (AvgIpc) is 3.29. The van der Waals surface area contributed by atoms with Crippen LogP contribution in [0.3, 0.4) is 0 Å². The van der Waals surface area contributed by atoms with E-state index in [1.807, 2.05) is 96.0 Å². The molecule has 0 spiro atoms. The number of aromatic nitrogens is 2. The first-order valence-electron chi connectivity index (χ1n) is 15.6. The van der Waals surface area contributed by atoms with Gasteiger partial charge in [-0.2, -0.15) is 16.7 Å². The van der Waals surface area contributed by atoms with E-state index in [0.717, 1.165) is 42.9 Å². The highest BCUT2D eigenvalue weighted by atomic mass is 35.5. The van der Waals surface area contributed by atoms with Crippen molar-refractivity contribution in [3.8, 4) is 5.88 Å². The van der Waals surface area contributed by atoms with Crippen LogP contribution >= 0.6 is 35.0 Å². The fourth-order valence-electron chi connectivity index (χ4n) is 6.28. The number of thioether (sulfide) groups is 1. The molecule has 2 aliphatic heterocycles. The lowest BCUT2D eigenvalue weighted by Gasteiger charge is -2.47. The highest BCUT2D eigenvalue weighted by molar-refractivity contribution is 7.98. The topological polar surface area (TPSA) is 77.4 Å². The second-order valence-corrected chi connectivity index (χ2v) is 14.0. The summed E-state index contributed by atoms with van der Waals surface area (Å²) in [7, 11) is 3.76. The zero-order valence-electron chi connectivity index (χ0n) is 27.5. The maximum Gasteiger partial charge on any atom is 0.326 e. The van der Waals surface area contributed by atoms with Gasteiger partial charge >= 0.3 is 6.03 Å². The van der Waals surface area contributed by atoms with Crippen molar-refractivity contribution < 1.29 is 9.53 Å². The lowest BCUT2D eigenvalue weighted by Crippen LogP contribution is -2.60. The molecule has 246 valence electrons. The van der Waals surface area contributed by atoms with Gasteiger partial charge < -0.3 is 14.5 Å². The van der Waals surface area contributed by atoms with Crippen LogP contribution in [0.5, 0.6) is 5.88 Å². The van der Waals surface area contributed by atoms with Gasteiger partial charge in [0, 0.05) is 56.5 Å². The Balaban J connectivity index is 1.68. The Labute approximate surface area is 286 Å².